The number of carboxylic acids is 1. The fraction of sp³-hybridized carbons (Fsp3) is 0.467. The van der Waals surface area contributed by atoms with Crippen LogP contribution in [0.1, 0.15) is 50.7 Å². The Hall–Kier alpha value is -4.16. The lowest BCUT2D eigenvalue weighted by atomic mass is 9.98. The number of rotatable bonds is 17. The van der Waals surface area contributed by atoms with Gasteiger partial charge >= 0.3 is 5.97 Å². The SMILES string of the molecule is CCC(C)C(N)C(=O)NC(Cc1ccc(O)cc1)C(=O)NC(CCCCN)C(=O)NC(Cc1ccc(O)cc1)C(=O)O. The highest BCUT2D eigenvalue weighted by Crippen LogP contribution is 2.14. The summed E-state index contributed by atoms with van der Waals surface area (Å²) in [7, 11) is 0. The van der Waals surface area contributed by atoms with Crippen LogP contribution in [-0.2, 0) is 32.0 Å². The fourth-order valence-corrected chi connectivity index (χ4v) is 4.23. The van der Waals surface area contributed by atoms with E-state index in [-0.39, 0.29) is 36.7 Å². The van der Waals surface area contributed by atoms with E-state index in [0.29, 0.717) is 36.9 Å². The number of nitrogens with two attached hydrogens (primary N) is 2. The van der Waals surface area contributed by atoms with E-state index in [1.165, 1.54) is 24.3 Å². The maximum atomic E-state index is 13.5. The Bertz CT molecular complexity index is 1170. The minimum absolute atomic E-state index is 0.0244. The second kappa shape index (κ2) is 16.9. The smallest absolute Gasteiger partial charge is 0.326 e. The number of hydrogen-bond donors (Lipinski definition) is 8. The number of unbranched alkanes of at least 4 members (excludes halogenated alkanes) is 1. The van der Waals surface area contributed by atoms with Crippen LogP contribution in [0.2, 0.25) is 0 Å². The number of phenols is 2. The normalized spacial score (nSPS) is 14.6. The number of aromatic hydroxyl groups is 2. The van der Waals surface area contributed by atoms with Crippen molar-refractivity contribution < 1.29 is 34.5 Å². The Morgan fingerprint density at radius 2 is 1.19 bits per heavy atom. The second-order valence-corrected chi connectivity index (χ2v) is 10.5. The van der Waals surface area contributed by atoms with Gasteiger partial charge in [0.25, 0.3) is 0 Å². The van der Waals surface area contributed by atoms with Crippen molar-refractivity contribution in [3.8, 4) is 11.5 Å². The summed E-state index contributed by atoms with van der Waals surface area (Å²) in [4.78, 5) is 51.7. The number of hydrogen-bond acceptors (Lipinski definition) is 8. The summed E-state index contributed by atoms with van der Waals surface area (Å²) in [5.74, 6) is -3.20. The average molecular weight is 586 g/mol. The zero-order valence-electron chi connectivity index (χ0n) is 24.1. The van der Waals surface area contributed by atoms with Crippen LogP contribution in [0.4, 0.5) is 0 Å². The molecule has 230 valence electrons. The summed E-state index contributed by atoms with van der Waals surface area (Å²) >= 11 is 0. The summed E-state index contributed by atoms with van der Waals surface area (Å²) in [6, 6.07) is 7.73. The van der Waals surface area contributed by atoms with E-state index >= 15 is 0 Å². The molecule has 2 aromatic carbocycles. The van der Waals surface area contributed by atoms with Gasteiger partial charge in [-0.25, -0.2) is 4.79 Å². The van der Waals surface area contributed by atoms with Crippen molar-refractivity contribution in [2.75, 3.05) is 6.54 Å². The fourth-order valence-electron chi connectivity index (χ4n) is 4.23. The van der Waals surface area contributed by atoms with Crippen LogP contribution < -0.4 is 27.4 Å². The maximum Gasteiger partial charge on any atom is 0.326 e. The Balaban J connectivity index is 2.25. The molecule has 0 radical (unpaired) electrons. The van der Waals surface area contributed by atoms with Gasteiger partial charge in [0, 0.05) is 12.8 Å². The monoisotopic (exact) mass is 585 g/mol. The molecule has 2 aromatic rings. The van der Waals surface area contributed by atoms with Crippen molar-refractivity contribution >= 4 is 23.7 Å². The van der Waals surface area contributed by atoms with E-state index in [9.17, 15) is 34.5 Å². The molecule has 0 bridgehead atoms. The number of aliphatic carboxylic acids is 1. The van der Waals surface area contributed by atoms with E-state index in [0.717, 1.165) is 0 Å². The molecule has 0 saturated carbocycles. The molecular formula is C30H43N5O7. The largest absolute Gasteiger partial charge is 0.508 e. The number of phenolic OH excluding ortho intramolecular Hbond substituents is 2. The third-order valence-corrected chi connectivity index (χ3v) is 7.14. The van der Waals surface area contributed by atoms with Gasteiger partial charge in [-0.05, 0) is 67.1 Å². The maximum absolute atomic E-state index is 13.5. The Morgan fingerprint density at radius 1 is 0.738 bits per heavy atom. The van der Waals surface area contributed by atoms with E-state index < -0.39 is 47.9 Å². The summed E-state index contributed by atoms with van der Waals surface area (Å²) in [5, 5.41) is 36.8. The van der Waals surface area contributed by atoms with E-state index in [1.807, 2.05) is 13.8 Å². The van der Waals surface area contributed by atoms with E-state index in [4.69, 9.17) is 11.5 Å². The van der Waals surface area contributed by atoms with Gasteiger partial charge in [-0.3, -0.25) is 14.4 Å². The number of amides is 3. The summed E-state index contributed by atoms with van der Waals surface area (Å²) in [6.45, 7) is 4.09. The zero-order valence-corrected chi connectivity index (χ0v) is 24.1. The molecule has 5 atom stereocenters. The molecule has 0 saturated heterocycles. The van der Waals surface area contributed by atoms with Crippen LogP contribution in [0.15, 0.2) is 48.5 Å². The predicted molar refractivity (Wildman–Crippen MR) is 157 cm³/mol. The molecule has 2 rings (SSSR count). The van der Waals surface area contributed by atoms with Gasteiger partial charge in [-0.2, -0.15) is 0 Å². The Morgan fingerprint density at radius 3 is 1.67 bits per heavy atom. The Labute approximate surface area is 245 Å². The molecule has 42 heavy (non-hydrogen) atoms. The minimum Gasteiger partial charge on any atom is -0.508 e. The number of carbonyl (C=O) groups is 4. The average Bonchev–Trinajstić information content (AvgIpc) is 2.97. The first-order valence-corrected chi connectivity index (χ1v) is 14.1. The first-order chi connectivity index (χ1) is 19.9. The third kappa shape index (κ3) is 11.0. The predicted octanol–water partition coefficient (Wildman–Crippen LogP) is 0.924. The molecule has 12 nitrogen and oxygen atoms in total. The van der Waals surface area contributed by atoms with Crippen LogP contribution in [0, 0.1) is 5.92 Å². The van der Waals surface area contributed by atoms with Crippen molar-refractivity contribution in [2.45, 2.75) is 76.5 Å². The number of carboxylic acid groups (broad SMARTS) is 1. The minimum atomic E-state index is -1.29. The first kappa shape index (κ1) is 34.0. The molecule has 0 aliphatic carbocycles. The van der Waals surface area contributed by atoms with Gasteiger partial charge in [0.15, 0.2) is 0 Å². The summed E-state index contributed by atoms with van der Waals surface area (Å²) < 4.78 is 0. The number of nitrogens with one attached hydrogen (secondary N) is 3. The van der Waals surface area contributed by atoms with Gasteiger partial charge in [0.2, 0.25) is 17.7 Å². The Kier molecular flexibility index (Phi) is 13.7. The molecule has 0 heterocycles. The topological polar surface area (TPSA) is 217 Å². The van der Waals surface area contributed by atoms with Crippen LogP contribution >= 0.6 is 0 Å². The third-order valence-electron chi connectivity index (χ3n) is 7.14. The molecule has 5 unspecified atom stereocenters. The zero-order chi connectivity index (χ0) is 31.2. The molecule has 0 spiro atoms. The molecule has 0 fully saturated rings. The van der Waals surface area contributed by atoms with Crippen LogP contribution in [0.3, 0.4) is 0 Å². The molecule has 12 heteroatoms. The molecular weight excluding hydrogens is 542 g/mol. The first-order valence-electron chi connectivity index (χ1n) is 14.1. The number of benzene rings is 2. The molecule has 0 aliphatic rings. The molecule has 3 amide bonds. The highest BCUT2D eigenvalue weighted by atomic mass is 16.4. The van der Waals surface area contributed by atoms with Gasteiger partial charge in [-0.1, -0.05) is 44.5 Å². The standard InChI is InChI=1S/C30H43N5O7/c1-3-18(2)26(32)29(40)34-24(16-19-7-11-21(36)12-8-19)28(39)33-23(6-4-5-15-31)27(38)35-25(30(41)42)17-20-9-13-22(37)14-10-20/h7-14,18,23-26,36-37H,3-6,15-17,31-32H2,1-2H3,(H,33,39)(H,34,40)(H,35,38)(H,41,42). The van der Waals surface area contributed by atoms with Crippen LogP contribution in [0.5, 0.6) is 11.5 Å². The van der Waals surface area contributed by atoms with Gasteiger partial charge in [-0.15, -0.1) is 0 Å². The lowest BCUT2D eigenvalue weighted by Gasteiger charge is -2.26. The van der Waals surface area contributed by atoms with Gasteiger partial charge in [0.05, 0.1) is 6.04 Å². The van der Waals surface area contributed by atoms with Crippen molar-refractivity contribution in [3.05, 3.63) is 59.7 Å². The van der Waals surface area contributed by atoms with Crippen LogP contribution in [0.25, 0.3) is 0 Å². The quantitative estimate of drug-likeness (QED) is 0.124. The molecule has 0 aromatic heterocycles. The molecule has 10 N–H and O–H groups in total. The number of carbonyl (C=O) groups excluding carboxylic acids is 3. The van der Waals surface area contributed by atoms with Crippen molar-refractivity contribution in [1.29, 1.82) is 0 Å². The highest BCUT2D eigenvalue weighted by Gasteiger charge is 2.31. The van der Waals surface area contributed by atoms with Gasteiger partial charge in [0.1, 0.15) is 29.6 Å². The second-order valence-electron chi connectivity index (χ2n) is 10.5. The summed E-state index contributed by atoms with van der Waals surface area (Å²) in [6.07, 6.45) is 1.92. The summed E-state index contributed by atoms with van der Waals surface area (Å²) in [5.41, 5.74) is 12.9. The lowest BCUT2D eigenvalue weighted by molar-refractivity contribution is -0.142. The van der Waals surface area contributed by atoms with Crippen molar-refractivity contribution in [1.82, 2.24) is 16.0 Å². The van der Waals surface area contributed by atoms with E-state index in [2.05, 4.69) is 16.0 Å². The highest BCUT2D eigenvalue weighted by molar-refractivity contribution is 5.94. The lowest BCUT2D eigenvalue weighted by Crippen LogP contribution is -2.58. The van der Waals surface area contributed by atoms with Crippen LogP contribution in [-0.4, -0.2) is 69.7 Å². The molecule has 0 aliphatic heterocycles. The van der Waals surface area contributed by atoms with Crippen molar-refractivity contribution in [2.24, 2.45) is 17.4 Å². The van der Waals surface area contributed by atoms with Gasteiger partial charge < -0.3 is 42.7 Å². The van der Waals surface area contributed by atoms with Crippen molar-refractivity contribution in [3.63, 3.8) is 0 Å². The van der Waals surface area contributed by atoms with E-state index in [1.54, 1.807) is 24.3 Å².